The van der Waals surface area contributed by atoms with Gasteiger partial charge in [0.2, 0.25) is 0 Å². The topological polar surface area (TPSA) is 131 Å². The quantitative estimate of drug-likeness (QED) is 0.124. The van der Waals surface area contributed by atoms with Crippen LogP contribution in [0.1, 0.15) is 130 Å². The van der Waals surface area contributed by atoms with Gasteiger partial charge in [-0.1, -0.05) is 47.0 Å². The summed E-state index contributed by atoms with van der Waals surface area (Å²) < 4.78 is 17.7. The van der Waals surface area contributed by atoms with Gasteiger partial charge in [0.15, 0.2) is 0 Å². The Labute approximate surface area is 266 Å². The van der Waals surface area contributed by atoms with Crippen molar-refractivity contribution in [1.82, 2.24) is 0 Å². The number of unbranched alkanes of at least 4 members (excludes halogenated alkanes) is 3. The van der Waals surface area contributed by atoms with Crippen LogP contribution in [0.4, 0.5) is 0 Å². The summed E-state index contributed by atoms with van der Waals surface area (Å²) in [5.74, 6) is 2.19. The molecule has 0 saturated heterocycles. The molecule has 4 rings (SSSR count). The van der Waals surface area contributed by atoms with E-state index in [1.807, 2.05) is 0 Å². The highest BCUT2D eigenvalue weighted by Gasteiger charge is 2.64. The molecule has 0 heterocycles. The molecule has 0 radical (unpaired) electrons. The van der Waals surface area contributed by atoms with E-state index in [-0.39, 0.29) is 53.8 Å². The Morgan fingerprint density at radius 3 is 2.18 bits per heavy atom. The zero-order valence-electron chi connectivity index (χ0n) is 28.2. The first-order valence-corrected chi connectivity index (χ1v) is 18.0. The van der Waals surface area contributed by atoms with Crippen LogP contribution < -0.4 is 11.5 Å². The van der Waals surface area contributed by atoms with Crippen molar-refractivity contribution >= 4 is 17.9 Å². The molecule has 7 unspecified atom stereocenters. The van der Waals surface area contributed by atoms with E-state index in [1.54, 1.807) is 0 Å². The molecule has 8 nitrogen and oxygen atoms in total. The summed E-state index contributed by atoms with van der Waals surface area (Å²) >= 11 is 0. The molecular formula is C36H62N2O6. The van der Waals surface area contributed by atoms with Crippen molar-refractivity contribution in [3.63, 3.8) is 0 Å². The fourth-order valence-corrected chi connectivity index (χ4v) is 10.4. The predicted octanol–water partition coefficient (Wildman–Crippen LogP) is 6.32. The predicted molar refractivity (Wildman–Crippen MR) is 171 cm³/mol. The first-order chi connectivity index (χ1) is 21.1. The first kappa shape index (κ1) is 35.2. The summed E-state index contributed by atoms with van der Waals surface area (Å²) in [5, 5.41) is 0. The van der Waals surface area contributed by atoms with Crippen molar-refractivity contribution in [3.8, 4) is 0 Å². The van der Waals surface area contributed by atoms with Gasteiger partial charge in [-0.15, -0.1) is 0 Å². The number of esters is 3. The maximum atomic E-state index is 12.9. The highest BCUT2D eigenvalue weighted by molar-refractivity contribution is 5.70. The lowest BCUT2D eigenvalue weighted by Crippen LogP contribution is -2.59. The Balaban J connectivity index is 1.45. The van der Waals surface area contributed by atoms with Gasteiger partial charge in [0.1, 0.15) is 12.2 Å². The van der Waals surface area contributed by atoms with Crippen LogP contribution in [0.5, 0.6) is 0 Å². The lowest BCUT2D eigenvalue weighted by Gasteiger charge is -2.62. The maximum absolute atomic E-state index is 12.9. The molecule has 0 bridgehead atoms. The third kappa shape index (κ3) is 7.82. The minimum atomic E-state index is -0.208. The fourth-order valence-electron chi connectivity index (χ4n) is 10.4. The Bertz CT molecular complexity index is 974. The standard InChI is InChI=1S/C36H62N2O6/c1-5-6-7-8-21-42-31(39)12-9-24(2)27-10-11-28-34-29(14-18-36(27,28)4)35(3)17-13-26(43-32(40)15-19-37)22-25(35)23-30(34)44-33(41)16-20-38/h24-30,34H,5-23,37-38H2,1-4H3/t24-,25?,26-,27?,28?,29?,30-,34?,35?,36?/m1/s1. The van der Waals surface area contributed by atoms with Crippen molar-refractivity contribution in [2.24, 2.45) is 57.8 Å². The van der Waals surface area contributed by atoms with Crippen molar-refractivity contribution < 1.29 is 28.6 Å². The van der Waals surface area contributed by atoms with E-state index in [4.69, 9.17) is 25.7 Å². The highest BCUT2D eigenvalue weighted by atomic mass is 16.5. The third-order valence-corrected chi connectivity index (χ3v) is 12.7. The van der Waals surface area contributed by atoms with Crippen LogP contribution in [0.15, 0.2) is 0 Å². The number of hydrogen-bond acceptors (Lipinski definition) is 8. The van der Waals surface area contributed by atoms with Crippen molar-refractivity contribution in [2.45, 2.75) is 143 Å². The number of fused-ring (bicyclic) bond motifs is 5. The molecule has 0 aromatic carbocycles. The molecule has 4 aliphatic carbocycles. The number of ether oxygens (including phenoxy) is 3. The molecule has 44 heavy (non-hydrogen) atoms. The van der Waals surface area contributed by atoms with E-state index >= 15 is 0 Å². The number of hydrogen-bond donors (Lipinski definition) is 2. The van der Waals surface area contributed by atoms with Crippen molar-refractivity contribution in [1.29, 1.82) is 0 Å². The van der Waals surface area contributed by atoms with Gasteiger partial charge in [-0.2, -0.15) is 0 Å². The lowest BCUT2D eigenvalue weighted by molar-refractivity contribution is -0.198. The molecule has 252 valence electrons. The maximum Gasteiger partial charge on any atom is 0.307 e. The highest BCUT2D eigenvalue weighted by Crippen LogP contribution is 2.69. The van der Waals surface area contributed by atoms with Crippen LogP contribution in [-0.4, -0.2) is 49.8 Å². The van der Waals surface area contributed by atoms with Crippen LogP contribution in [0.25, 0.3) is 0 Å². The Hall–Kier alpha value is -1.67. The van der Waals surface area contributed by atoms with Gasteiger partial charge in [-0.25, -0.2) is 0 Å². The monoisotopic (exact) mass is 618 g/mol. The first-order valence-electron chi connectivity index (χ1n) is 18.0. The molecular weight excluding hydrogens is 556 g/mol. The second-order valence-electron chi connectivity index (χ2n) is 15.2. The smallest absolute Gasteiger partial charge is 0.307 e. The summed E-state index contributed by atoms with van der Waals surface area (Å²) in [6.45, 7) is 10.6. The largest absolute Gasteiger partial charge is 0.466 e. The van der Waals surface area contributed by atoms with Crippen LogP contribution in [0.3, 0.4) is 0 Å². The molecule has 0 aromatic heterocycles. The summed E-state index contributed by atoms with van der Waals surface area (Å²) in [7, 11) is 0. The van der Waals surface area contributed by atoms with Crippen molar-refractivity contribution in [3.05, 3.63) is 0 Å². The van der Waals surface area contributed by atoms with E-state index in [0.717, 1.165) is 57.8 Å². The van der Waals surface area contributed by atoms with E-state index in [1.165, 1.54) is 25.7 Å². The van der Waals surface area contributed by atoms with Gasteiger partial charge in [0.25, 0.3) is 0 Å². The fraction of sp³-hybridized carbons (Fsp3) is 0.917. The second kappa shape index (κ2) is 15.8. The molecule has 10 atom stereocenters. The van der Waals surface area contributed by atoms with Gasteiger partial charge >= 0.3 is 17.9 Å². The lowest BCUT2D eigenvalue weighted by atomic mass is 9.43. The van der Waals surface area contributed by atoms with Gasteiger partial charge in [-0.05, 0) is 105 Å². The average Bonchev–Trinajstić information content (AvgIpc) is 3.34. The number of nitrogens with two attached hydrogens (primary N) is 2. The van der Waals surface area contributed by atoms with Crippen LogP contribution >= 0.6 is 0 Å². The van der Waals surface area contributed by atoms with Crippen LogP contribution in [0.2, 0.25) is 0 Å². The zero-order valence-corrected chi connectivity index (χ0v) is 28.2. The molecule has 0 amide bonds. The molecule has 0 aliphatic heterocycles. The van der Waals surface area contributed by atoms with Gasteiger partial charge in [0.05, 0.1) is 19.4 Å². The van der Waals surface area contributed by atoms with E-state index in [9.17, 15) is 14.4 Å². The Morgan fingerprint density at radius 2 is 1.48 bits per heavy atom. The molecule has 0 aromatic rings. The van der Waals surface area contributed by atoms with Gasteiger partial charge in [-0.3, -0.25) is 14.4 Å². The molecule has 0 spiro atoms. The summed E-state index contributed by atoms with van der Waals surface area (Å²) in [5.41, 5.74) is 11.6. The summed E-state index contributed by atoms with van der Waals surface area (Å²) in [6.07, 6.45) is 14.3. The molecule has 4 saturated carbocycles. The van der Waals surface area contributed by atoms with Gasteiger partial charge < -0.3 is 25.7 Å². The molecule has 4 aliphatic rings. The van der Waals surface area contributed by atoms with Crippen LogP contribution in [-0.2, 0) is 28.6 Å². The van der Waals surface area contributed by atoms with E-state index in [0.29, 0.717) is 61.6 Å². The summed E-state index contributed by atoms with van der Waals surface area (Å²) in [6, 6.07) is 0. The second-order valence-corrected chi connectivity index (χ2v) is 15.2. The molecule has 4 fully saturated rings. The SMILES string of the molecule is CCCCCCOC(=O)CC[C@@H](C)C1CCC2C3C(CCC21C)C1(C)CC[C@@H](OC(=O)CCN)CC1C[C@H]3OC(=O)CCN. The van der Waals surface area contributed by atoms with Crippen LogP contribution in [0, 0.1) is 46.3 Å². The zero-order chi connectivity index (χ0) is 31.9. The Morgan fingerprint density at radius 1 is 0.795 bits per heavy atom. The van der Waals surface area contributed by atoms with E-state index in [2.05, 4.69) is 27.7 Å². The average molecular weight is 619 g/mol. The molecule has 4 N–H and O–H groups in total. The third-order valence-electron chi connectivity index (χ3n) is 12.7. The van der Waals surface area contributed by atoms with Gasteiger partial charge in [0, 0.05) is 25.4 Å². The number of rotatable bonds is 15. The minimum absolute atomic E-state index is 0.0563. The van der Waals surface area contributed by atoms with E-state index < -0.39 is 0 Å². The number of carbonyl (C=O) groups is 3. The minimum Gasteiger partial charge on any atom is -0.466 e. The normalized spacial score (nSPS) is 36.8. The molecule has 8 heteroatoms. The number of carbonyl (C=O) groups excluding carboxylic acids is 3. The van der Waals surface area contributed by atoms with Crippen molar-refractivity contribution in [2.75, 3.05) is 19.7 Å². The Kier molecular flexibility index (Phi) is 12.6. The summed E-state index contributed by atoms with van der Waals surface area (Å²) in [4.78, 5) is 37.7.